The van der Waals surface area contributed by atoms with Gasteiger partial charge < -0.3 is 4.79 Å². The van der Waals surface area contributed by atoms with Gasteiger partial charge in [0.05, 0.1) is 5.41 Å². The molecule has 2 aliphatic carbocycles. The Morgan fingerprint density at radius 3 is 2.20 bits per heavy atom. The average Bonchev–Trinajstić information content (AvgIpc) is 2.27. The predicted molar refractivity (Wildman–Crippen MR) is 58.5 cm³/mol. The fourth-order valence-electron chi connectivity index (χ4n) is 3.44. The van der Waals surface area contributed by atoms with Gasteiger partial charge in [-0.2, -0.15) is 0 Å². The van der Waals surface area contributed by atoms with Crippen LogP contribution < -0.4 is 0 Å². The highest BCUT2D eigenvalue weighted by molar-refractivity contribution is 6.01. The summed E-state index contributed by atoms with van der Waals surface area (Å²) in [4.78, 5) is 23.5. The van der Waals surface area contributed by atoms with Gasteiger partial charge in [-0.1, -0.05) is 25.7 Å². The quantitative estimate of drug-likeness (QED) is 0.490. The van der Waals surface area contributed by atoms with E-state index in [1.165, 1.54) is 19.3 Å². The van der Waals surface area contributed by atoms with Crippen molar-refractivity contribution in [2.45, 2.75) is 58.3 Å². The van der Waals surface area contributed by atoms with Crippen LogP contribution >= 0.6 is 0 Å². The van der Waals surface area contributed by atoms with E-state index in [1.54, 1.807) is 0 Å². The molecule has 0 saturated heterocycles. The second kappa shape index (κ2) is 3.73. The fourth-order valence-corrected chi connectivity index (χ4v) is 3.44. The van der Waals surface area contributed by atoms with E-state index >= 15 is 0 Å². The van der Waals surface area contributed by atoms with Gasteiger partial charge in [0.25, 0.3) is 0 Å². The highest BCUT2D eigenvalue weighted by Gasteiger charge is 2.50. The van der Waals surface area contributed by atoms with Crippen molar-refractivity contribution >= 4 is 12.1 Å². The van der Waals surface area contributed by atoms with Crippen LogP contribution in [0, 0.1) is 10.8 Å². The van der Waals surface area contributed by atoms with Crippen LogP contribution in [-0.4, -0.2) is 12.1 Å². The minimum Gasteiger partial charge on any atom is -0.302 e. The average molecular weight is 208 g/mol. The molecule has 15 heavy (non-hydrogen) atoms. The van der Waals surface area contributed by atoms with E-state index < -0.39 is 5.41 Å². The Balaban J connectivity index is 2.25. The molecule has 1 atom stereocenters. The Labute approximate surface area is 91.4 Å². The third-order valence-electron chi connectivity index (χ3n) is 4.42. The van der Waals surface area contributed by atoms with Crippen LogP contribution in [0.15, 0.2) is 0 Å². The number of Topliss-reactive ketones (excluding diaryl/α,β-unsaturated/α-hetero) is 1. The highest BCUT2D eigenvalue weighted by atomic mass is 16.1. The van der Waals surface area contributed by atoms with Gasteiger partial charge in [-0.3, -0.25) is 4.79 Å². The molecule has 0 amide bonds. The van der Waals surface area contributed by atoms with Gasteiger partial charge in [0.1, 0.15) is 6.29 Å². The lowest BCUT2D eigenvalue weighted by atomic mass is 9.57. The van der Waals surface area contributed by atoms with E-state index in [2.05, 4.69) is 0 Å². The minimum atomic E-state index is -0.671. The van der Waals surface area contributed by atoms with Crippen molar-refractivity contribution in [2.24, 2.45) is 10.8 Å². The molecule has 2 saturated carbocycles. The van der Waals surface area contributed by atoms with E-state index in [4.69, 9.17) is 0 Å². The Hall–Kier alpha value is -0.660. The first kappa shape index (κ1) is 10.8. The summed E-state index contributed by atoms with van der Waals surface area (Å²) in [5.74, 6) is 0.246. The number of ketones is 1. The van der Waals surface area contributed by atoms with Gasteiger partial charge in [0.2, 0.25) is 0 Å². The van der Waals surface area contributed by atoms with Crippen molar-refractivity contribution in [3.8, 4) is 0 Å². The number of carbonyl (C=O) groups excluding carboxylic acids is 2. The summed E-state index contributed by atoms with van der Waals surface area (Å²) in [5.41, 5.74) is -0.790. The topological polar surface area (TPSA) is 34.1 Å². The molecule has 0 radical (unpaired) electrons. The van der Waals surface area contributed by atoms with Crippen LogP contribution in [0.3, 0.4) is 0 Å². The Morgan fingerprint density at radius 2 is 1.60 bits per heavy atom. The van der Waals surface area contributed by atoms with Crippen LogP contribution in [0.25, 0.3) is 0 Å². The molecule has 2 aliphatic rings. The Kier molecular flexibility index (Phi) is 2.70. The normalized spacial score (nSPS) is 35.4. The maximum atomic E-state index is 12.4. The van der Waals surface area contributed by atoms with Crippen LogP contribution in [0.5, 0.6) is 0 Å². The van der Waals surface area contributed by atoms with Crippen molar-refractivity contribution in [1.29, 1.82) is 0 Å². The van der Waals surface area contributed by atoms with Gasteiger partial charge >= 0.3 is 0 Å². The van der Waals surface area contributed by atoms with Crippen LogP contribution in [0.1, 0.15) is 58.3 Å². The molecule has 1 spiro atoms. The zero-order valence-electron chi connectivity index (χ0n) is 9.55. The number of aldehydes is 1. The molecule has 84 valence electrons. The largest absolute Gasteiger partial charge is 0.302 e. The van der Waals surface area contributed by atoms with Gasteiger partial charge in [0, 0.05) is 5.41 Å². The lowest BCUT2D eigenvalue weighted by molar-refractivity contribution is -0.148. The number of carbonyl (C=O) groups is 2. The van der Waals surface area contributed by atoms with Crippen LogP contribution in [0.4, 0.5) is 0 Å². The zero-order chi connectivity index (χ0) is 10.9. The molecule has 0 N–H and O–H groups in total. The van der Waals surface area contributed by atoms with Crippen molar-refractivity contribution in [3.05, 3.63) is 0 Å². The minimum absolute atomic E-state index is 0.119. The highest BCUT2D eigenvalue weighted by Crippen LogP contribution is 2.50. The van der Waals surface area contributed by atoms with Crippen molar-refractivity contribution in [2.75, 3.05) is 0 Å². The summed E-state index contributed by atoms with van der Waals surface area (Å²) in [5, 5.41) is 0. The molecule has 2 rings (SSSR count). The summed E-state index contributed by atoms with van der Waals surface area (Å²) in [6, 6.07) is 0. The van der Waals surface area contributed by atoms with Gasteiger partial charge in [-0.05, 0) is 32.6 Å². The Bertz CT molecular complexity index is 271. The maximum absolute atomic E-state index is 12.4. The van der Waals surface area contributed by atoms with Crippen LogP contribution in [-0.2, 0) is 9.59 Å². The van der Waals surface area contributed by atoms with Gasteiger partial charge in [-0.25, -0.2) is 0 Å². The molecule has 0 aromatic rings. The molecular formula is C13H20O2. The summed E-state index contributed by atoms with van der Waals surface area (Å²) in [6.07, 6.45) is 9.36. The molecule has 2 heteroatoms. The molecule has 0 aromatic heterocycles. The SMILES string of the molecule is C[C@@]1(C=O)CCCC2(CCCCC2)C1=O. The number of hydrogen-bond acceptors (Lipinski definition) is 2. The van der Waals surface area contributed by atoms with Gasteiger partial charge in [0.15, 0.2) is 5.78 Å². The van der Waals surface area contributed by atoms with Crippen molar-refractivity contribution in [1.82, 2.24) is 0 Å². The van der Waals surface area contributed by atoms with E-state index in [1.807, 2.05) is 6.92 Å². The second-order valence-electron chi connectivity index (χ2n) is 5.56. The molecule has 2 fully saturated rings. The van der Waals surface area contributed by atoms with E-state index in [9.17, 15) is 9.59 Å². The summed E-state index contributed by atoms with van der Waals surface area (Å²) in [7, 11) is 0. The smallest absolute Gasteiger partial charge is 0.151 e. The molecule has 0 unspecified atom stereocenters. The van der Waals surface area contributed by atoms with Crippen molar-refractivity contribution < 1.29 is 9.59 Å². The maximum Gasteiger partial charge on any atom is 0.151 e. The number of hydrogen-bond donors (Lipinski definition) is 0. The molecule has 0 bridgehead atoms. The number of rotatable bonds is 1. The lowest BCUT2D eigenvalue weighted by Gasteiger charge is -2.44. The molecule has 0 aliphatic heterocycles. The van der Waals surface area contributed by atoms with E-state index in [0.29, 0.717) is 0 Å². The molecule has 0 aromatic carbocycles. The second-order valence-corrected chi connectivity index (χ2v) is 5.56. The predicted octanol–water partition coefficient (Wildman–Crippen LogP) is 2.90. The first-order valence-electron chi connectivity index (χ1n) is 6.14. The van der Waals surface area contributed by atoms with E-state index in [-0.39, 0.29) is 11.2 Å². The molecule has 2 nitrogen and oxygen atoms in total. The van der Waals surface area contributed by atoms with E-state index in [0.717, 1.165) is 38.4 Å². The third kappa shape index (κ3) is 1.64. The monoisotopic (exact) mass is 208 g/mol. The third-order valence-corrected chi connectivity index (χ3v) is 4.42. The Morgan fingerprint density at radius 1 is 1.00 bits per heavy atom. The fraction of sp³-hybridized carbons (Fsp3) is 0.846. The van der Waals surface area contributed by atoms with Gasteiger partial charge in [-0.15, -0.1) is 0 Å². The van der Waals surface area contributed by atoms with Crippen LogP contribution in [0.2, 0.25) is 0 Å². The molecule has 0 heterocycles. The standard InChI is InChI=1S/C13H20O2/c1-12(10-14)6-5-9-13(11(12)15)7-3-2-4-8-13/h10H,2-9H2,1H3/t12-/m0/s1. The van der Waals surface area contributed by atoms with Crippen molar-refractivity contribution in [3.63, 3.8) is 0 Å². The summed E-state index contributed by atoms with van der Waals surface area (Å²) < 4.78 is 0. The first-order chi connectivity index (χ1) is 7.13. The molecular weight excluding hydrogens is 188 g/mol. The zero-order valence-corrected chi connectivity index (χ0v) is 9.55. The summed E-state index contributed by atoms with van der Waals surface area (Å²) >= 11 is 0. The summed E-state index contributed by atoms with van der Waals surface area (Å²) in [6.45, 7) is 1.83. The first-order valence-corrected chi connectivity index (χ1v) is 6.14. The lowest BCUT2D eigenvalue weighted by Crippen LogP contribution is -2.47.